The van der Waals surface area contributed by atoms with Gasteiger partial charge in [0.25, 0.3) is 5.56 Å². The van der Waals surface area contributed by atoms with Gasteiger partial charge in [-0.15, -0.1) is 11.8 Å². The van der Waals surface area contributed by atoms with Crippen LogP contribution in [0.1, 0.15) is 50.0 Å². The number of carbonyl (C=O) groups excluding carboxylic acids is 1. The number of nitrogens with two attached hydrogens (primary N) is 1. The maximum absolute atomic E-state index is 13.5. The molecule has 1 aromatic heterocycles. The summed E-state index contributed by atoms with van der Waals surface area (Å²) >= 11 is 1.51. The van der Waals surface area contributed by atoms with Crippen molar-refractivity contribution in [1.29, 1.82) is 0 Å². The molecule has 0 aliphatic heterocycles. The fourth-order valence-electron chi connectivity index (χ4n) is 3.94. The van der Waals surface area contributed by atoms with Gasteiger partial charge in [-0.3, -0.25) is 19.1 Å². The Labute approximate surface area is 210 Å². The number of H-pyrrole nitrogens is 1. The van der Waals surface area contributed by atoms with Crippen LogP contribution in [0, 0.1) is 5.92 Å². The van der Waals surface area contributed by atoms with Gasteiger partial charge in [0.15, 0.2) is 5.69 Å². The number of benzene rings is 2. The van der Waals surface area contributed by atoms with Crippen LogP contribution in [0.4, 0.5) is 11.5 Å². The van der Waals surface area contributed by atoms with Crippen molar-refractivity contribution in [1.82, 2.24) is 9.55 Å². The van der Waals surface area contributed by atoms with Gasteiger partial charge < -0.3 is 10.6 Å². The fraction of sp³-hybridized carbons (Fsp3) is 0.370. The molecule has 0 fully saturated rings. The average Bonchev–Trinajstić information content (AvgIpc) is 2.85. The Morgan fingerprint density at radius 3 is 2.11 bits per heavy atom. The summed E-state index contributed by atoms with van der Waals surface area (Å²) in [6, 6.07) is 20.1. The van der Waals surface area contributed by atoms with Crippen LogP contribution in [0.3, 0.4) is 0 Å². The van der Waals surface area contributed by atoms with Crippen LogP contribution in [0.15, 0.2) is 70.3 Å². The van der Waals surface area contributed by atoms with Gasteiger partial charge in [0.1, 0.15) is 5.82 Å². The highest BCUT2D eigenvalue weighted by atomic mass is 32.2. The van der Waals surface area contributed by atoms with E-state index in [0.717, 1.165) is 17.5 Å². The Kier molecular flexibility index (Phi) is 9.37. The van der Waals surface area contributed by atoms with E-state index in [0.29, 0.717) is 19.5 Å². The molecular weight excluding hydrogens is 460 g/mol. The molecule has 1 amide bonds. The Morgan fingerprint density at radius 2 is 1.60 bits per heavy atom. The van der Waals surface area contributed by atoms with Gasteiger partial charge in [0.2, 0.25) is 5.91 Å². The second-order valence-corrected chi connectivity index (χ2v) is 10.0. The third-order valence-electron chi connectivity index (χ3n) is 5.65. The number of amides is 1. The number of hydrogen-bond acceptors (Lipinski definition) is 5. The van der Waals surface area contributed by atoms with Crippen molar-refractivity contribution in [3.63, 3.8) is 0 Å². The van der Waals surface area contributed by atoms with E-state index in [1.165, 1.54) is 21.2 Å². The summed E-state index contributed by atoms with van der Waals surface area (Å²) < 4.78 is 1.34. The van der Waals surface area contributed by atoms with Gasteiger partial charge in [-0.1, -0.05) is 87.9 Å². The molecule has 3 rings (SSSR count). The van der Waals surface area contributed by atoms with E-state index in [-0.39, 0.29) is 34.3 Å². The Bertz CT molecular complexity index is 1180. The topological polar surface area (TPSA) is 101 Å². The van der Waals surface area contributed by atoms with E-state index in [1.54, 1.807) is 0 Å². The standard InChI is InChI=1S/C27H34N4O3S/c1-4-5-16-30(23-25(28)31(17-19(2)3)27(34)29-26(23)33)22(32)18-35-24(20-12-8-6-9-13-20)21-14-10-7-11-15-21/h6-15,19,24H,4-5,16-18,28H2,1-3H3,(H,29,33,34). The van der Waals surface area contributed by atoms with Crippen molar-refractivity contribution in [2.24, 2.45) is 5.92 Å². The zero-order valence-corrected chi connectivity index (χ0v) is 21.4. The van der Waals surface area contributed by atoms with E-state index >= 15 is 0 Å². The van der Waals surface area contributed by atoms with Crippen molar-refractivity contribution in [2.75, 3.05) is 22.9 Å². The summed E-state index contributed by atoms with van der Waals surface area (Å²) in [6.45, 7) is 6.64. The molecule has 0 unspecified atom stereocenters. The number of nitrogens with one attached hydrogen (secondary N) is 1. The molecule has 8 heteroatoms. The highest BCUT2D eigenvalue weighted by Gasteiger charge is 2.25. The number of rotatable bonds is 11. The lowest BCUT2D eigenvalue weighted by Crippen LogP contribution is -2.42. The minimum absolute atomic E-state index is 0.0320. The lowest BCUT2D eigenvalue weighted by atomic mass is 10.0. The lowest BCUT2D eigenvalue weighted by Gasteiger charge is -2.26. The maximum atomic E-state index is 13.5. The SMILES string of the molecule is CCCCN(C(=O)CSC(c1ccccc1)c1ccccc1)c1c(N)n(CC(C)C)c(=O)[nH]c1=O. The molecular formula is C27H34N4O3S. The molecule has 3 N–H and O–H groups in total. The molecule has 2 aromatic carbocycles. The minimum Gasteiger partial charge on any atom is -0.383 e. The van der Waals surface area contributed by atoms with E-state index in [2.05, 4.69) is 29.2 Å². The number of thioether (sulfide) groups is 1. The van der Waals surface area contributed by atoms with Crippen LogP contribution in [-0.4, -0.2) is 27.8 Å². The molecule has 0 radical (unpaired) electrons. The number of unbranched alkanes of at least 4 members (excludes halogenated alkanes) is 1. The van der Waals surface area contributed by atoms with Crippen molar-refractivity contribution in [3.05, 3.63) is 92.6 Å². The van der Waals surface area contributed by atoms with E-state index in [1.807, 2.05) is 57.2 Å². The number of aromatic nitrogens is 2. The van der Waals surface area contributed by atoms with Gasteiger partial charge in [0, 0.05) is 13.1 Å². The van der Waals surface area contributed by atoms with E-state index < -0.39 is 11.2 Å². The summed E-state index contributed by atoms with van der Waals surface area (Å²) in [5.74, 6) is 0.110. The molecule has 186 valence electrons. The fourth-order valence-corrected chi connectivity index (χ4v) is 5.10. The number of carbonyl (C=O) groups is 1. The second-order valence-electron chi connectivity index (χ2n) is 8.91. The summed E-state index contributed by atoms with van der Waals surface area (Å²) in [5.41, 5.74) is 7.38. The normalized spacial score (nSPS) is 11.2. The van der Waals surface area contributed by atoms with Gasteiger partial charge in [0.05, 0.1) is 11.0 Å². The van der Waals surface area contributed by atoms with Crippen molar-refractivity contribution < 1.29 is 4.79 Å². The molecule has 35 heavy (non-hydrogen) atoms. The van der Waals surface area contributed by atoms with Gasteiger partial charge in [-0.05, 0) is 23.5 Å². The molecule has 0 aliphatic rings. The first-order valence-electron chi connectivity index (χ1n) is 12.0. The second kappa shape index (κ2) is 12.4. The predicted molar refractivity (Wildman–Crippen MR) is 145 cm³/mol. The minimum atomic E-state index is -0.635. The third kappa shape index (κ3) is 6.66. The van der Waals surface area contributed by atoms with Crippen molar-refractivity contribution in [3.8, 4) is 0 Å². The Balaban J connectivity index is 1.93. The van der Waals surface area contributed by atoms with Gasteiger partial charge in [-0.25, -0.2) is 4.79 Å². The zero-order chi connectivity index (χ0) is 25.4. The molecule has 0 saturated carbocycles. The molecule has 0 saturated heterocycles. The summed E-state index contributed by atoms with van der Waals surface area (Å²) in [7, 11) is 0. The molecule has 3 aromatic rings. The maximum Gasteiger partial charge on any atom is 0.330 e. The van der Waals surface area contributed by atoms with Crippen LogP contribution >= 0.6 is 11.8 Å². The van der Waals surface area contributed by atoms with E-state index in [4.69, 9.17) is 5.73 Å². The molecule has 7 nitrogen and oxygen atoms in total. The van der Waals surface area contributed by atoms with Crippen molar-refractivity contribution in [2.45, 2.75) is 45.4 Å². The highest BCUT2D eigenvalue weighted by molar-refractivity contribution is 8.00. The highest BCUT2D eigenvalue weighted by Crippen LogP contribution is 2.36. The number of anilines is 2. The Morgan fingerprint density at radius 1 is 1.03 bits per heavy atom. The number of nitrogen functional groups attached to an aromatic ring is 1. The summed E-state index contributed by atoms with van der Waals surface area (Å²) in [6.07, 6.45) is 1.55. The van der Waals surface area contributed by atoms with Crippen LogP contribution in [-0.2, 0) is 11.3 Å². The van der Waals surface area contributed by atoms with Crippen LogP contribution < -0.4 is 21.9 Å². The smallest absolute Gasteiger partial charge is 0.330 e. The summed E-state index contributed by atoms with van der Waals surface area (Å²) in [4.78, 5) is 42.6. The molecule has 1 heterocycles. The molecule has 0 bridgehead atoms. The first kappa shape index (κ1) is 26.3. The molecule has 0 atom stereocenters. The van der Waals surface area contributed by atoms with Crippen LogP contribution in [0.2, 0.25) is 0 Å². The van der Waals surface area contributed by atoms with Crippen LogP contribution in [0.25, 0.3) is 0 Å². The van der Waals surface area contributed by atoms with Gasteiger partial charge in [-0.2, -0.15) is 0 Å². The monoisotopic (exact) mass is 494 g/mol. The van der Waals surface area contributed by atoms with Crippen molar-refractivity contribution >= 4 is 29.2 Å². The largest absolute Gasteiger partial charge is 0.383 e. The van der Waals surface area contributed by atoms with Crippen LogP contribution in [0.5, 0.6) is 0 Å². The Hall–Kier alpha value is -3.26. The third-order valence-corrected chi connectivity index (χ3v) is 6.94. The number of aromatic amines is 1. The first-order chi connectivity index (χ1) is 16.8. The number of hydrogen-bond donors (Lipinski definition) is 2. The first-order valence-corrected chi connectivity index (χ1v) is 13.0. The summed E-state index contributed by atoms with van der Waals surface area (Å²) in [5, 5.41) is -0.0418. The number of nitrogens with zero attached hydrogens (tertiary/aromatic N) is 2. The lowest BCUT2D eigenvalue weighted by molar-refractivity contribution is -0.116. The zero-order valence-electron chi connectivity index (χ0n) is 20.6. The molecule has 0 spiro atoms. The van der Waals surface area contributed by atoms with Gasteiger partial charge >= 0.3 is 5.69 Å². The predicted octanol–water partition coefficient (Wildman–Crippen LogP) is 4.43. The quantitative estimate of drug-likeness (QED) is 0.411. The van der Waals surface area contributed by atoms with E-state index in [9.17, 15) is 14.4 Å². The molecule has 0 aliphatic carbocycles. The average molecular weight is 495 g/mol.